The lowest BCUT2D eigenvalue weighted by Crippen LogP contribution is -2.52. The minimum absolute atomic E-state index is 0.0283. The number of nitrogens with one attached hydrogen (secondary N) is 1. The number of likely N-dealkylation sites (tertiary alicyclic amines) is 2. The van der Waals surface area contributed by atoms with Crippen LogP contribution in [0.2, 0.25) is 0 Å². The number of rotatable bonds is 1. The highest BCUT2D eigenvalue weighted by molar-refractivity contribution is 6.06. The number of aromatic nitrogens is 1. The van der Waals surface area contributed by atoms with Gasteiger partial charge in [0.15, 0.2) is 0 Å². The third kappa shape index (κ3) is 2.36. The normalized spacial score (nSPS) is 20.0. The maximum absolute atomic E-state index is 13.1. The first-order valence-electron chi connectivity index (χ1n) is 9.07. The van der Waals surface area contributed by atoms with Crippen LogP contribution < -0.4 is 0 Å². The van der Waals surface area contributed by atoms with Gasteiger partial charge in [-0.25, -0.2) is 0 Å². The molecular weight excluding hydrogens is 314 g/mol. The van der Waals surface area contributed by atoms with E-state index in [1.807, 2.05) is 35.9 Å². The third-order valence-electron chi connectivity index (χ3n) is 6.45. The lowest BCUT2D eigenvalue weighted by atomic mass is 9.85. The summed E-state index contributed by atoms with van der Waals surface area (Å²) in [5, 5.41) is 1.12. The van der Waals surface area contributed by atoms with E-state index in [2.05, 4.69) is 18.0 Å². The second-order valence-electron chi connectivity index (χ2n) is 7.57. The summed E-state index contributed by atoms with van der Waals surface area (Å²) in [5.74, 6) is 0.329. The van der Waals surface area contributed by atoms with Crippen molar-refractivity contribution in [1.82, 2.24) is 14.8 Å². The lowest BCUT2D eigenvalue weighted by Gasteiger charge is -2.43. The van der Waals surface area contributed by atoms with Crippen molar-refractivity contribution < 1.29 is 9.59 Å². The molecule has 5 heteroatoms. The number of nitrogens with zero attached hydrogens (tertiary/aromatic N) is 2. The van der Waals surface area contributed by atoms with Gasteiger partial charge in [-0.1, -0.05) is 12.1 Å². The van der Waals surface area contributed by atoms with Gasteiger partial charge in [0.1, 0.15) is 0 Å². The Balaban J connectivity index is 1.57. The first kappa shape index (κ1) is 16.2. The summed E-state index contributed by atoms with van der Waals surface area (Å²) in [6.45, 7) is 5.55. The number of aryl methyl sites for hydroxylation is 2. The van der Waals surface area contributed by atoms with Gasteiger partial charge in [0.05, 0.1) is 11.1 Å². The molecule has 1 N–H and O–H groups in total. The van der Waals surface area contributed by atoms with Crippen LogP contribution in [-0.4, -0.2) is 52.3 Å². The minimum Gasteiger partial charge on any atom is -0.358 e. The van der Waals surface area contributed by atoms with Crippen molar-refractivity contribution >= 4 is 22.7 Å². The summed E-state index contributed by atoms with van der Waals surface area (Å²) in [6, 6.07) is 5.94. The average molecular weight is 339 g/mol. The van der Waals surface area contributed by atoms with E-state index < -0.39 is 0 Å². The van der Waals surface area contributed by atoms with Gasteiger partial charge in [-0.15, -0.1) is 0 Å². The van der Waals surface area contributed by atoms with Crippen LogP contribution in [0.4, 0.5) is 0 Å². The molecule has 2 amide bonds. The van der Waals surface area contributed by atoms with E-state index in [4.69, 9.17) is 0 Å². The van der Waals surface area contributed by atoms with Gasteiger partial charge in [-0.05, 0) is 44.7 Å². The van der Waals surface area contributed by atoms with E-state index in [0.717, 1.165) is 41.4 Å². The molecule has 2 aliphatic rings. The van der Waals surface area contributed by atoms with Gasteiger partial charge in [0, 0.05) is 43.2 Å². The quantitative estimate of drug-likeness (QED) is 0.868. The number of hydrogen-bond donors (Lipinski definition) is 1. The number of carbonyl (C=O) groups excluding carboxylic acids is 2. The van der Waals surface area contributed by atoms with Gasteiger partial charge < -0.3 is 14.8 Å². The van der Waals surface area contributed by atoms with E-state index in [9.17, 15) is 9.59 Å². The average Bonchev–Trinajstić information content (AvgIpc) is 3.07. The predicted octanol–water partition coefficient (Wildman–Crippen LogP) is 3.01. The van der Waals surface area contributed by atoms with Gasteiger partial charge >= 0.3 is 0 Å². The molecule has 0 atom stereocenters. The molecule has 1 aromatic carbocycles. The Morgan fingerprint density at radius 1 is 1.16 bits per heavy atom. The Bertz CT molecular complexity index is 859. The second kappa shape index (κ2) is 5.61. The van der Waals surface area contributed by atoms with Crippen molar-refractivity contribution in [1.29, 1.82) is 0 Å². The maximum atomic E-state index is 13.1. The van der Waals surface area contributed by atoms with Crippen LogP contribution in [0.15, 0.2) is 18.2 Å². The molecule has 0 aliphatic carbocycles. The molecule has 1 aromatic heterocycles. The van der Waals surface area contributed by atoms with Crippen molar-refractivity contribution in [3.63, 3.8) is 0 Å². The first-order valence-corrected chi connectivity index (χ1v) is 9.07. The topological polar surface area (TPSA) is 56.4 Å². The number of carbonyl (C=O) groups is 2. The molecule has 5 nitrogen and oxygen atoms in total. The number of benzene rings is 1. The third-order valence-corrected chi connectivity index (χ3v) is 6.45. The summed E-state index contributed by atoms with van der Waals surface area (Å²) in [4.78, 5) is 32.3. The van der Waals surface area contributed by atoms with Gasteiger partial charge in [0.25, 0.3) is 5.91 Å². The molecular formula is C20H25N3O2. The number of hydrogen-bond acceptors (Lipinski definition) is 2. The molecule has 0 unspecified atom stereocenters. The van der Waals surface area contributed by atoms with Crippen LogP contribution >= 0.6 is 0 Å². The predicted molar refractivity (Wildman–Crippen MR) is 97.6 cm³/mol. The fraction of sp³-hybridized carbons (Fsp3) is 0.500. The summed E-state index contributed by atoms with van der Waals surface area (Å²) in [7, 11) is 1.91. The molecule has 2 saturated heterocycles. The molecule has 2 aliphatic heterocycles. The Kier molecular flexibility index (Phi) is 3.63. The zero-order chi connectivity index (χ0) is 17.8. The lowest BCUT2D eigenvalue weighted by molar-refractivity contribution is -0.130. The fourth-order valence-corrected chi connectivity index (χ4v) is 4.48. The van der Waals surface area contributed by atoms with Gasteiger partial charge in [-0.2, -0.15) is 0 Å². The molecule has 1 spiro atoms. The standard InChI is InChI=1S/C20H25N3O2/c1-13-14(2)21-18-15(13)5-4-6-16(18)19(25)23-11-9-20(10-12-23)8-7-17(24)22(20)3/h4-6,21H,7-12H2,1-3H3. The molecule has 2 aromatic rings. The van der Waals surface area contributed by atoms with Gasteiger partial charge in [-0.3, -0.25) is 9.59 Å². The number of fused-ring (bicyclic) bond motifs is 1. The Morgan fingerprint density at radius 3 is 2.52 bits per heavy atom. The number of H-pyrrole nitrogens is 1. The molecule has 0 saturated carbocycles. The molecule has 25 heavy (non-hydrogen) atoms. The fourth-order valence-electron chi connectivity index (χ4n) is 4.48. The van der Waals surface area contributed by atoms with Crippen LogP contribution in [0, 0.1) is 13.8 Å². The van der Waals surface area contributed by atoms with Crippen molar-refractivity contribution in [2.75, 3.05) is 20.1 Å². The summed E-state index contributed by atoms with van der Waals surface area (Å²) >= 11 is 0. The van der Waals surface area contributed by atoms with Crippen molar-refractivity contribution in [3.8, 4) is 0 Å². The summed E-state index contributed by atoms with van der Waals surface area (Å²) in [5.41, 5.74) is 3.98. The zero-order valence-corrected chi connectivity index (χ0v) is 15.2. The van der Waals surface area contributed by atoms with Crippen LogP contribution in [0.5, 0.6) is 0 Å². The largest absolute Gasteiger partial charge is 0.358 e. The summed E-state index contributed by atoms with van der Waals surface area (Å²) < 4.78 is 0. The smallest absolute Gasteiger partial charge is 0.255 e. The molecule has 0 radical (unpaired) electrons. The first-order chi connectivity index (χ1) is 11.9. The summed E-state index contributed by atoms with van der Waals surface area (Å²) in [6.07, 6.45) is 3.32. The Morgan fingerprint density at radius 2 is 1.88 bits per heavy atom. The van der Waals surface area contributed by atoms with Crippen LogP contribution in [0.1, 0.15) is 47.3 Å². The molecule has 3 heterocycles. The second-order valence-corrected chi connectivity index (χ2v) is 7.57. The van der Waals surface area contributed by atoms with Crippen LogP contribution in [0.3, 0.4) is 0 Å². The highest BCUT2D eigenvalue weighted by Gasteiger charge is 2.45. The SMILES string of the molecule is Cc1[nH]c2c(C(=O)N3CCC4(CCC(=O)N4C)CC3)cccc2c1C. The number of para-hydroxylation sites is 1. The number of amides is 2. The molecule has 2 fully saturated rings. The van der Waals surface area contributed by atoms with E-state index in [0.29, 0.717) is 19.5 Å². The molecule has 0 bridgehead atoms. The monoisotopic (exact) mass is 339 g/mol. The van der Waals surface area contributed by atoms with Crippen molar-refractivity contribution in [2.24, 2.45) is 0 Å². The minimum atomic E-state index is -0.0283. The van der Waals surface area contributed by atoms with E-state index in [1.165, 1.54) is 5.56 Å². The van der Waals surface area contributed by atoms with E-state index >= 15 is 0 Å². The Labute approximate surface area is 148 Å². The van der Waals surface area contributed by atoms with Crippen LogP contribution in [0.25, 0.3) is 10.9 Å². The number of piperidine rings is 1. The van der Waals surface area contributed by atoms with E-state index in [1.54, 1.807) is 0 Å². The zero-order valence-electron chi connectivity index (χ0n) is 15.2. The van der Waals surface area contributed by atoms with Crippen molar-refractivity contribution in [3.05, 3.63) is 35.0 Å². The van der Waals surface area contributed by atoms with Crippen LogP contribution in [-0.2, 0) is 4.79 Å². The highest BCUT2D eigenvalue weighted by atomic mass is 16.2. The highest BCUT2D eigenvalue weighted by Crippen LogP contribution is 2.38. The number of aromatic amines is 1. The van der Waals surface area contributed by atoms with Crippen molar-refractivity contribution in [2.45, 2.75) is 45.1 Å². The van der Waals surface area contributed by atoms with E-state index in [-0.39, 0.29) is 17.4 Å². The maximum Gasteiger partial charge on any atom is 0.255 e. The Hall–Kier alpha value is -2.30. The van der Waals surface area contributed by atoms with Gasteiger partial charge in [0.2, 0.25) is 5.91 Å². The molecule has 132 valence electrons. The molecule has 4 rings (SSSR count).